The molecule has 0 aliphatic heterocycles. The number of ether oxygens (including phenoxy) is 1. The van der Waals surface area contributed by atoms with Crippen LogP contribution in [0.3, 0.4) is 0 Å². The fraction of sp³-hybridized carbons (Fsp3) is 0.526. The Morgan fingerprint density at radius 1 is 1.09 bits per heavy atom. The fourth-order valence-electron chi connectivity index (χ4n) is 1.77. The van der Waals surface area contributed by atoms with Gasteiger partial charge in [0, 0.05) is 18.6 Å². The van der Waals surface area contributed by atoms with Crippen LogP contribution in [0.2, 0.25) is 0 Å². The first kappa shape index (κ1) is 19.2. The number of alkyl carbamates (subject to hydrolysis) is 1. The van der Waals surface area contributed by atoms with Crippen molar-refractivity contribution in [1.82, 2.24) is 10.6 Å². The first-order chi connectivity index (χ1) is 10.6. The molecule has 1 aromatic carbocycles. The van der Waals surface area contributed by atoms with Crippen LogP contribution in [0.25, 0.3) is 6.08 Å². The highest BCUT2D eigenvalue weighted by Crippen LogP contribution is 2.09. The number of amides is 1. The lowest BCUT2D eigenvalue weighted by molar-refractivity contribution is 0.0534. The number of nitrogens with one attached hydrogen (secondary N) is 2. The van der Waals surface area contributed by atoms with Crippen LogP contribution in [0.4, 0.5) is 4.79 Å². The monoisotopic (exact) mass is 318 g/mol. The van der Waals surface area contributed by atoms with Crippen molar-refractivity contribution in [3.63, 3.8) is 0 Å². The molecule has 0 aliphatic carbocycles. The van der Waals surface area contributed by atoms with Crippen molar-refractivity contribution in [2.75, 3.05) is 6.54 Å². The minimum absolute atomic E-state index is 0.117. The second-order valence-electron chi connectivity index (χ2n) is 7.63. The van der Waals surface area contributed by atoms with Gasteiger partial charge in [-0.15, -0.1) is 0 Å². The van der Waals surface area contributed by atoms with Gasteiger partial charge in [-0.05, 0) is 52.7 Å². The van der Waals surface area contributed by atoms with Crippen molar-refractivity contribution in [1.29, 1.82) is 0 Å². The zero-order chi connectivity index (χ0) is 17.5. The van der Waals surface area contributed by atoms with E-state index in [2.05, 4.69) is 55.7 Å². The summed E-state index contributed by atoms with van der Waals surface area (Å²) >= 11 is 0. The SMILES string of the molecule is CC(C)(C)NCc1ccc(C=CCNC(=O)OC(C)(C)C)cc1. The maximum absolute atomic E-state index is 11.5. The molecule has 0 aromatic heterocycles. The molecule has 23 heavy (non-hydrogen) atoms. The van der Waals surface area contributed by atoms with Gasteiger partial charge in [0.1, 0.15) is 5.60 Å². The highest BCUT2D eigenvalue weighted by molar-refractivity contribution is 5.68. The second-order valence-corrected chi connectivity index (χ2v) is 7.63. The average molecular weight is 318 g/mol. The van der Waals surface area contributed by atoms with Crippen LogP contribution >= 0.6 is 0 Å². The molecule has 0 radical (unpaired) electrons. The summed E-state index contributed by atoms with van der Waals surface area (Å²) in [6.07, 6.45) is 3.50. The van der Waals surface area contributed by atoms with E-state index in [4.69, 9.17) is 4.74 Å². The Kier molecular flexibility index (Phi) is 6.82. The van der Waals surface area contributed by atoms with Crippen LogP contribution in [0.1, 0.15) is 52.7 Å². The van der Waals surface area contributed by atoms with Crippen LogP contribution < -0.4 is 10.6 Å². The van der Waals surface area contributed by atoms with E-state index in [1.54, 1.807) is 0 Å². The van der Waals surface area contributed by atoms with Gasteiger partial charge in [0.15, 0.2) is 0 Å². The number of hydrogen-bond acceptors (Lipinski definition) is 3. The van der Waals surface area contributed by atoms with Gasteiger partial charge in [0.25, 0.3) is 0 Å². The van der Waals surface area contributed by atoms with Gasteiger partial charge in [0.05, 0.1) is 0 Å². The molecule has 0 bridgehead atoms. The second kappa shape index (κ2) is 8.16. The minimum Gasteiger partial charge on any atom is -0.444 e. The number of hydrogen-bond donors (Lipinski definition) is 2. The summed E-state index contributed by atoms with van der Waals surface area (Å²) in [7, 11) is 0. The fourth-order valence-corrected chi connectivity index (χ4v) is 1.77. The van der Waals surface area contributed by atoms with E-state index in [1.807, 2.05) is 32.9 Å². The maximum Gasteiger partial charge on any atom is 0.407 e. The topological polar surface area (TPSA) is 50.4 Å². The summed E-state index contributed by atoms with van der Waals surface area (Å²) in [4.78, 5) is 11.5. The summed E-state index contributed by atoms with van der Waals surface area (Å²) in [6, 6.07) is 8.37. The molecule has 0 aliphatic rings. The standard InChI is InChI=1S/C19H30N2O2/c1-18(2,3)21-14-16-11-9-15(10-12-16)8-7-13-20-17(22)23-19(4,5)6/h7-12,21H,13-14H2,1-6H3,(H,20,22). The molecule has 4 nitrogen and oxygen atoms in total. The largest absolute Gasteiger partial charge is 0.444 e. The van der Waals surface area contributed by atoms with Crippen LogP contribution in [-0.4, -0.2) is 23.8 Å². The Labute approximate surface area is 140 Å². The Bertz CT molecular complexity index is 520. The molecular weight excluding hydrogens is 288 g/mol. The lowest BCUT2D eigenvalue weighted by Gasteiger charge is -2.20. The van der Waals surface area contributed by atoms with Crippen LogP contribution in [-0.2, 0) is 11.3 Å². The van der Waals surface area contributed by atoms with Crippen molar-refractivity contribution < 1.29 is 9.53 Å². The summed E-state index contributed by atoms with van der Waals surface area (Å²) < 4.78 is 5.17. The summed E-state index contributed by atoms with van der Waals surface area (Å²) in [6.45, 7) is 13.3. The zero-order valence-electron chi connectivity index (χ0n) is 15.2. The van der Waals surface area contributed by atoms with Gasteiger partial charge in [-0.3, -0.25) is 0 Å². The van der Waals surface area contributed by atoms with Gasteiger partial charge in [-0.1, -0.05) is 36.4 Å². The molecule has 2 N–H and O–H groups in total. The zero-order valence-corrected chi connectivity index (χ0v) is 15.2. The van der Waals surface area contributed by atoms with E-state index < -0.39 is 11.7 Å². The molecule has 0 unspecified atom stereocenters. The third-order valence-electron chi connectivity index (χ3n) is 2.88. The molecule has 128 valence electrons. The molecule has 0 fully saturated rings. The minimum atomic E-state index is -0.468. The van der Waals surface area contributed by atoms with E-state index >= 15 is 0 Å². The molecule has 0 spiro atoms. The smallest absolute Gasteiger partial charge is 0.407 e. The van der Waals surface area contributed by atoms with Gasteiger partial charge in [-0.25, -0.2) is 4.79 Å². The number of carbonyl (C=O) groups excluding carboxylic acids is 1. The van der Waals surface area contributed by atoms with E-state index in [0.29, 0.717) is 6.54 Å². The van der Waals surface area contributed by atoms with Gasteiger partial charge in [0.2, 0.25) is 0 Å². The van der Waals surface area contributed by atoms with Gasteiger partial charge >= 0.3 is 6.09 Å². The number of rotatable bonds is 5. The first-order valence-corrected chi connectivity index (χ1v) is 8.02. The highest BCUT2D eigenvalue weighted by Gasteiger charge is 2.14. The lowest BCUT2D eigenvalue weighted by Crippen LogP contribution is -2.35. The highest BCUT2D eigenvalue weighted by atomic mass is 16.6. The van der Waals surface area contributed by atoms with E-state index in [9.17, 15) is 4.79 Å². The third-order valence-corrected chi connectivity index (χ3v) is 2.88. The van der Waals surface area contributed by atoms with Crippen molar-refractivity contribution in [3.8, 4) is 0 Å². The van der Waals surface area contributed by atoms with Crippen molar-refractivity contribution >= 4 is 12.2 Å². The van der Waals surface area contributed by atoms with E-state index in [0.717, 1.165) is 12.1 Å². The van der Waals surface area contributed by atoms with Crippen molar-refractivity contribution in [3.05, 3.63) is 41.5 Å². The van der Waals surface area contributed by atoms with Gasteiger partial charge < -0.3 is 15.4 Å². The summed E-state index contributed by atoms with van der Waals surface area (Å²) in [5.41, 5.74) is 2.01. The predicted octanol–water partition coefficient (Wildman–Crippen LogP) is 4.11. The van der Waals surface area contributed by atoms with Crippen LogP contribution in [0.5, 0.6) is 0 Å². The molecule has 1 rings (SSSR count). The van der Waals surface area contributed by atoms with Gasteiger partial charge in [-0.2, -0.15) is 0 Å². The summed E-state index contributed by atoms with van der Waals surface area (Å²) in [5.74, 6) is 0. The molecule has 0 atom stereocenters. The van der Waals surface area contributed by atoms with Crippen LogP contribution in [0.15, 0.2) is 30.3 Å². The quantitative estimate of drug-likeness (QED) is 0.859. The molecule has 1 aromatic rings. The summed E-state index contributed by atoms with van der Waals surface area (Å²) in [5, 5.41) is 6.16. The Balaban J connectivity index is 2.39. The predicted molar refractivity (Wildman–Crippen MR) is 96.3 cm³/mol. The maximum atomic E-state index is 11.5. The molecule has 0 saturated carbocycles. The van der Waals surface area contributed by atoms with E-state index in [1.165, 1.54) is 5.56 Å². The molecule has 1 amide bonds. The van der Waals surface area contributed by atoms with Crippen molar-refractivity contribution in [2.45, 2.75) is 59.2 Å². The normalized spacial score (nSPS) is 12.4. The Morgan fingerprint density at radius 3 is 2.22 bits per heavy atom. The molecule has 0 saturated heterocycles. The van der Waals surface area contributed by atoms with E-state index in [-0.39, 0.29) is 5.54 Å². The van der Waals surface area contributed by atoms with Crippen molar-refractivity contribution in [2.24, 2.45) is 0 Å². The Morgan fingerprint density at radius 2 is 1.70 bits per heavy atom. The Hall–Kier alpha value is -1.81. The molecular formula is C19H30N2O2. The average Bonchev–Trinajstić information content (AvgIpc) is 2.40. The number of carbonyl (C=O) groups is 1. The molecule has 4 heteroatoms. The lowest BCUT2D eigenvalue weighted by atomic mass is 10.1. The number of benzene rings is 1. The third kappa shape index (κ3) is 9.74. The molecule has 0 heterocycles. The van der Waals surface area contributed by atoms with Crippen LogP contribution in [0, 0.1) is 0 Å². The first-order valence-electron chi connectivity index (χ1n) is 8.02.